The van der Waals surface area contributed by atoms with Crippen molar-refractivity contribution in [1.82, 2.24) is 19.8 Å². The Balaban J connectivity index is 1.30. The highest BCUT2D eigenvalue weighted by Gasteiger charge is 2.30. The van der Waals surface area contributed by atoms with E-state index < -0.39 is 6.09 Å². The molecule has 2 aromatic carbocycles. The van der Waals surface area contributed by atoms with Gasteiger partial charge >= 0.3 is 12.1 Å². The molecule has 0 N–H and O–H groups in total. The third kappa shape index (κ3) is 5.70. The summed E-state index contributed by atoms with van der Waals surface area (Å²) >= 11 is 6.04. The lowest BCUT2D eigenvalue weighted by Crippen LogP contribution is -2.55. The second kappa shape index (κ2) is 11.4. The van der Waals surface area contributed by atoms with Gasteiger partial charge in [-0.2, -0.15) is 9.97 Å². The number of carbonyl (C=O) groups excluding carboxylic acids is 2. The topological polar surface area (TPSA) is 91.3 Å². The van der Waals surface area contributed by atoms with Crippen molar-refractivity contribution in [1.29, 1.82) is 0 Å². The largest absolute Gasteiger partial charge is 0.467 e. The van der Waals surface area contributed by atoms with E-state index in [1.807, 2.05) is 37.3 Å². The Morgan fingerprint density at radius 3 is 2.38 bits per heavy atom. The molecular formula is C28H31ClN6O4. The zero-order valence-corrected chi connectivity index (χ0v) is 22.8. The maximum absolute atomic E-state index is 12.9. The summed E-state index contributed by atoms with van der Waals surface area (Å²) in [7, 11) is 1.53. The van der Waals surface area contributed by atoms with Crippen molar-refractivity contribution >= 4 is 46.0 Å². The van der Waals surface area contributed by atoms with Gasteiger partial charge in [0.2, 0.25) is 5.91 Å². The van der Waals surface area contributed by atoms with Crippen LogP contribution in [-0.4, -0.2) is 90.7 Å². The fourth-order valence-electron chi connectivity index (χ4n) is 5.03. The van der Waals surface area contributed by atoms with Crippen molar-refractivity contribution in [3.63, 3.8) is 0 Å². The molecule has 3 aromatic rings. The number of anilines is 2. The molecule has 0 bridgehead atoms. The Kier molecular flexibility index (Phi) is 7.74. The number of fused-ring (bicyclic) bond motifs is 1. The molecule has 0 spiro atoms. The molecule has 39 heavy (non-hydrogen) atoms. The van der Waals surface area contributed by atoms with Crippen LogP contribution in [-0.2, 0) is 4.79 Å². The number of benzene rings is 2. The zero-order valence-electron chi connectivity index (χ0n) is 22.0. The minimum Gasteiger partial charge on any atom is -0.467 e. The maximum Gasteiger partial charge on any atom is 0.415 e. The Morgan fingerprint density at radius 2 is 1.72 bits per heavy atom. The van der Waals surface area contributed by atoms with Crippen molar-refractivity contribution < 1.29 is 19.1 Å². The first-order chi connectivity index (χ1) is 18.9. The molecular weight excluding hydrogens is 520 g/mol. The number of halogens is 1. The van der Waals surface area contributed by atoms with Crippen LogP contribution < -0.4 is 19.3 Å². The maximum atomic E-state index is 12.9. The summed E-state index contributed by atoms with van der Waals surface area (Å²) in [6.07, 6.45) is 0.829. The molecule has 2 saturated heterocycles. The molecule has 5 rings (SSSR count). The quantitative estimate of drug-likeness (QED) is 0.443. The van der Waals surface area contributed by atoms with E-state index in [0.29, 0.717) is 30.9 Å². The Labute approximate surface area is 232 Å². The van der Waals surface area contributed by atoms with E-state index in [1.54, 1.807) is 21.9 Å². The first kappa shape index (κ1) is 26.6. The van der Waals surface area contributed by atoms with Crippen molar-refractivity contribution in [2.45, 2.75) is 13.0 Å². The number of ether oxygens (including phenoxy) is 2. The lowest BCUT2D eigenvalue weighted by Gasteiger charge is -2.38. The van der Waals surface area contributed by atoms with Crippen molar-refractivity contribution in [3.8, 4) is 11.8 Å². The number of carbonyl (C=O) groups is 2. The van der Waals surface area contributed by atoms with E-state index in [-0.39, 0.29) is 18.0 Å². The second-order valence-corrected chi connectivity index (χ2v) is 10.00. The van der Waals surface area contributed by atoms with Crippen LogP contribution in [0.25, 0.3) is 10.9 Å². The van der Waals surface area contributed by atoms with Gasteiger partial charge in [0.25, 0.3) is 0 Å². The van der Waals surface area contributed by atoms with Gasteiger partial charge in [-0.15, -0.1) is 0 Å². The van der Waals surface area contributed by atoms with Crippen molar-refractivity contribution in [2.24, 2.45) is 0 Å². The normalized spacial score (nSPS) is 17.8. The predicted octanol–water partition coefficient (Wildman–Crippen LogP) is 3.84. The molecule has 2 amide bonds. The van der Waals surface area contributed by atoms with Gasteiger partial charge in [-0.1, -0.05) is 18.2 Å². The van der Waals surface area contributed by atoms with Crippen LogP contribution in [0, 0.1) is 0 Å². The van der Waals surface area contributed by atoms with Gasteiger partial charge in [-0.3, -0.25) is 4.79 Å². The Hall–Kier alpha value is -4.05. The molecule has 3 heterocycles. The van der Waals surface area contributed by atoms with E-state index in [9.17, 15) is 9.59 Å². The van der Waals surface area contributed by atoms with Crippen LogP contribution in [0.15, 0.2) is 55.1 Å². The van der Waals surface area contributed by atoms with E-state index in [4.69, 9.17) is 21.1 Å². The van der Waals surface area contributed by atoms with Gasteiger partial charge < -0.3 is 29.1 Å². The predicted molar refractivity (Wildman–Crippen MR) is 151 cm³/mol. The highest BCUT2D eigenvalue weighted by molar-refractivity contribution is 6.30. The number of methoxy groups -OCH3 is 1. The van der Waals surface area contributed by atoms with Crippen LogP contribution in [0.2, 0.25) is 5.02 Å². The van der Waals surface area contributed by atoms with E-state index >= 15 is 0 Å². The third-order valence-electron chi connectivity index (χ3n) is 7.13. The molecule has 204 valence electrons. The molecule has 0 unspecified atom stereocenters. The van der Waals surface area contributed by atoms with Crippen molar-refractivity contribution in [2.75, 3.05) is 62.7 Å². The van der Waals surface area contributed by atoms with Gasteiger partial charge in [-0.05, 0) is 49.4 Å². The van der Waals surface area contributed by atoms with E-state index in [1.165, 1.54) is 13.2 Å². The van der Waals surface area contributed by atoms with Crippen LogP contribution >= 0.6 is 11.6 Å². The highest BCUT2D eigenvalue weighted by Crippen LogP contribution is 2.31. The number of aromatic nitrogens is 2. The van der Waals surface area contributed by atoms with Gasteiger partial charge in [0.1, 0.15) is 11.6 Å². The van der Waals surface area contributed by atoms with E-state index in [2.05, 4.69) is 26.3 Å². The lowest BCUT2D eigenvalue weighted by molar-refractivity contribution is -0.129. The monoisotopic (exact) mass is 550 g/mol. The molecule has 1 atom stereocenters. The van der Waals surface area contributed by atoms with Gasteiger partial charge in [0.05, 0.1) is 12.6 Å². The van der Waals surface area contributed by atoms with Gasteiger partial charge in [0.15, 0.2) is 0 Å². The van der Waals surface area contributed by atoms with Crippen LogP contribution in [0.1, 0.15) is 6.92 Å². The molecule has 1 aromatic heterocycles. The molecule has 2 fully saturated rings. The molecule has 0 saturated carbocycles. The fourth-order valence-corrected chi connectivity index (χ4v) is 5.16. The average molecular weight is 551 g/mol. The van der Waals surface area contributed by atoms with Gasteiger partial charge in [-0.25, -0.2) is 4.79 Å². The summed E-state index contributed by atoms with van der Waals surface area (Å²) < 4.78 is 11.1. The zero-order chi connectivity index (χ0) is 27.5. The SMILES string of the molecule is C=CC(=O)N1CCN(C(=O)Oc2ccc3c(N4CCN(c5ccc(Cl)cc5)CC4)nc(OC)nc3c2)C[C@H]1C. The second-order valence-electron chi connectivity index (χ2n) is 9.56. The van der Waals surface area contributed by atoms with Crippen LogP contribution in [0.3, 0.4) is 0 Å². The smallest absolute Gasteiger partial charge is 0.415 e. The number of amides is 2. The molecule has 0 aliphatic carbocycles. The molecule has 0 radical (unpaired) electrons. The first-order valence-corrected chi connectivity index (χ1v) is 13.2. The summed E-state index contributed by atoms with van der Waals surface area (Å²) in [6, 6.07) is 13.3. The molecule has 10 nitrogen and oxygen atoms in total. The number of hydrogen-bond donors (Lipinski definition) is 0. The lowest BCUT2D eigenvalue weighted by atomic mass is 10.2. The summed E-state index contributed by atoms with van der Waals surface area (Å²) in [4.78, 5) is 41.9. The number of piperazine rings is 2. The van der Waals surface area contributed by atoms with E-state index in [0.717, 1.165) is 48.1 Å². The first-order valence-electron chi connectivity index (χ1n) is 12.9. The number of rotatable bonds is 5. The fraction of sp³-hybridized carbons (Fsp3) is 0.357. The highest BCUT2D eigenvalue weighted by atomic mass is 35.5. The summed E-state index contributed by atoms with van der Waals surface area (Å²) in [5, 5.41) is 1.57. The van der Waals surface area contributed by atoms with Crippen molar-refractivity contribution in [3.05, 3.63) is 60.1 Å². The minimum absolute atomic E-state index is 0.131. The standard InChI is InChI=1S/C28H31ClN6O4/c1-4-25(36)35-16-15-34(18-19(35)2)28(37)39-22-9-10-23-24(17-22)30-27(38-3)31-26(23)33-13-11-32(12-14-33)21-7-5-20(29)6-8-21/h4-10,17,19H,1,11-16,18H2,2-3H3/t19-/m1/s1. The number of hydrogen-bond acceptors (Lipinski definition) is 8. The summed E-state index contributed by atoms with van der Waals surface area (Å²) in [6.45, 7) is 9.84. The summed E-state index contributed by atoms with van der Waals surface area (Å²) in [5.41, 5.74) is 1.76. The van der Waals surface area contributed by atoms with Gasteiger partial charge in [0, 0.05) is 74.0 Å². The third-order valence-corrected chi connectivity index (χ3v) is 7.38. The molecule has 11 heteroatoms. The Bertz CT molecular complexity index is 1380. The van der Waals surface area contributed by atoms with Crippen LogP contribution in [0.5, 0.6) is 11.8 Å². The van der Waals surface area contributed by atoms with Crippen LogP contribution in [0.4, 0.5) is 16.3 Å². The molecule has 2 aliphatic rings. The summed E-state index contributed by atoms with van der Waals surface area (Å²) in [5.74, 6) is 1.02. The Morgan fingerprint density at radius 1 is 1.00 bits per heavy atom. The minimum atomic E-state index is -0.466. The molecule has 2 aliphatic heterocycles. The number of nitrogens with zero attached hydrogens (tertiary/aromatic N) is 6. The average Bonchev–Trinajstić information content (AvgIpc) is 2.96.